The third-order valence-electron chi connectivity index (χ3n) is 3.95. The van der Waals surface area contributed by atoms with Crippen molar-refractivity contribution in [1.82, 2.24) is 0 Å². The Morgan fingerprint density at radius 2 is 1.86 bits per heavy atom. The number of phenolic OH excluding ortho intramolecular Hbond substituents is 2. The van der Waals surface area contributed by atoms with Crippen molar-refractivity contribution in [2.45, 2.75) is 57.1 Å². The highest BCUT2D eigenvalue weighted by Crippen LogP contribution is 2.28. The van der Waals surface area contributed by atoms with Crippen LogP contribution < -0.4 is 0 Å². The topological polar surface area (TPSA) is 146 Å². The number of carbonyl (C=O) groups is 1. The molecule has 1 fully saturated rings. The summed E-state index contributed by atoms with van der Waals surface area (Å²) in [5, 5.41) is 48.8. The van der Waals surface area contributed by atoms with Gasteiger partial charge in [0.25, 0.3) is 0 Å². The number of hydrogen-bond acceptors (Lipinski definition) is 9. The molecule has 0 bridgehead atoms. The van der Waals surface area contributed by atoms with Gasteiger partial charge in [0, 0.05) is 6.08 Å². The molecule has 2 rings (SSSR count). The molecule has 1 saturated heterocycles. The van der Waals surface area contributed by atoms with Gasteiger partial charge in [-0.25, -0.2) is 4.79 Å². The van der Waals surface area contributed by atoms with Crippen LogP contribution in [0.5, 0.6) is 11.5 Å². The lowest BCUT2D eigenvalue weighted by atomic mass is 9.98. The Bertz CT molecular complexity index is 708. The van der Waals surface area contributed by atoms with E-state index in [0.29, 0.717) is 5.56 Å². The molecule has 9 heteroatoms. The van der Waals surface area contributed by atoms with E-state index < -0.39 is 48.9 Å². The van der Waals surface area contributed by atoms with Crippen LogP contribution in [-0.4, -0.2) is 74.4 Å². The molecule has 0 saturated carbocycles. The number of ether oxygens (including phenoxy) is 3. The summed E-state index contributed by atoms with van der Waals surface area (Å²) in [6, 6.07) is 3.96. The number of rotatable bonds is 5. The Balaban J connectivity index is 2.05. The molecule has 1 aromatic rings. The van der Waals surface area contributed by atoms with Crippen molar-refractivity contribution in [2.24, 2.45) is 0 Å². The number of phenols is 2. The Morgan fingerprint density at radius 3 is 2.43 bits per heavy atom. The van der Waals surface area contributed by atoms with Crippen LogP contribution in [0.4, 0.5) is 0 Å². The SMILES string of the molecule is CC(C)(C)OC1OC(CO)C(OC(=O)/C=C/c2ccc(O)c(O)c2)C(O)C1O. The van der Waals surface area contributed by atoms with Crippen molar-refractivity contribution in [2.75, 3.05) is 6.61 Å². The van der Waals surface area contributed by atoms with Gasteiger partial charge >= 0.3 is 5.97 Å². The average molecular weight is 398 g/mol. The molecule has 5 atom stereocenters. The van der Waals surface area contributed by atoms with Crippen molar-refractivity contribution in [3.05, 3.63) is 29.8 Å². The van der Waals surface area contributed by atoms with E-state index in [2.05, 4.69) is 0 Å². The smallest absolute Gasteiger partial charge is 0.331 e. The molecule has 0 radical (unpaired) electrons. The van der Waals surface area contributed by atoms with Crippen molar-refractivity contribution in [1.29, 1.82) is 0 Å². The van der Waals surface area contributed by atoms with Crippen molar-refractivity contribution in [3.63, 3.8) is 0 Å². The van der Waals surface area contributed by atoms with Gasteiger partial charge in [0.05, 0.1) is 12.2 Å². The third-order valence-corrected chi connectivity index (χ3v) is 3.95. The number of esters is 1. The summed E-state index contributed by atoms with van der Waals surface area (Å²) in [5.41, 5.74) is -0.252. The van der Waals surface area contributed by atoms with Crippen LogP contribution >= 0.6 is 0 Å². The molecule has 1 aromatic carbocycles. The molecular weight excluding hydrogens is 372 g/mol. The number of aliphatic hydroxyl groups is 3. The zero-order valence-corrected chi connectivity index (χ0v) is 15.8. The van der Waals surface area contributed by atoms with Gasteiger partial charge in [-0.2, -0.15) is 0 Å². The molecule has 9 nitrogen and oxygen atoms in total. The zero-order chi connectivity index (χ0) is 21.1. The highest BCUT2D eigenvalue weighted by atomic mass is 16.7. The van der Waals surface area contributed by atoms with E-state index in [1.54, 1.807) is 20.8 Å². The first-order valence-corrected chi connectivity index (χ1v) is 8.73. The lowest BCUT2D eigenvalue weighted by molar-refractivity contribution is -0.321. The average Bonchev–Trinajstić information content (AvgIpc) is 2.61. The second-order valence-electron chi connectivity index (χ2n) is 7.42. The molecule has 1 aliphatic heterocycles. The quantitative estimate of drug-likeness (QED) is 0.268. The Morgan fingerprint density at radius 1 is 1.18 bits per heavy atom. The first-order chi connectivity index (χ1) is 13.0. The van der Waals surface area contributed by atoms with Gasteiger partial charge in [-0.05, 0) is 44.5 Å². The fourth-order valence-electron chi connectivity index (χ4n) is 2.63. The Labute approximate surface area is 162 Å². The van der Waals surface area contributed by atoms with Gasteiger partial charge in [0.15, 0.2) is 23.9 Å². The first kappa shape index (κ1) is 22.1. The van der Waals surface area contributed by atoms with E-state index in [0.717, 1.165) is 6.08 Å². The normalized spacial score (nSPS) is 28.4. The van der Waals surface area contributed by atoms with Crippen LogP contribution in [0.15, 0.2) is 24.3 Å². The van der Waals surface area contributed by atoms with Gasteiger partial charge in [-0.1, -0.05) is 6.07 Å². The number of benzene rings is 1. The first-order valence-electron chi connectivity index (χ1n) is 8.73. The molecule has 28 heavy (non-hydrogen) atoms. The van der Waals surface area contributed by atoms with E-state index in [1.807, 2.05) is 0 Å². The standard InChI is InChI=1S/C19H26O9/c1-19(2,3)28-18-16(25)15(24)17(13(9-20)26-18)27-14(23)7-5-10-4-6-11(21)12(22)8-10/h4-8,13,15-18,20-22,24-25H,9H2,1-3H3/b7-5+. The van der Waals surface area contributed by atoms with Gasteiger partial charge < -0.3 is 39.7 Å². The summed E-state index contributed by atoms with van der Waals surface area (Å²) in [6.07, 6.45) is -4.26. The van der Waals surface area contributed by atoms with Crippen LogP contribution in [0.3, 0.4) is 0 Å². The minimum Gasteiger partial charge on any atom is -0.504 e. The predicted octanol–water partition coefficient (Wildman–Crippen LogP) is 0.277. The maximum Gasteiger partial charge on any atom is 0.331 e. The molecular formula is C19H26O9. The number of aromatic hydroxyl groups is 2. The molecule has 0 aromatic heterocycles. The molecule has 0 amide bonds. The maximum absolute atomic E-state index is 12.1. The second-order valence-corrected chi connectivity index (χ2v) is 7.42. The van der Waals surface area contributed by atoms with Crippen LogP contribution in [-0.2, 0) is 19.0 Å². The number of carbonyl (C=O) groups excluding carboxylic acids is 1. The third kappa shape index (κ3) is 5.66. The molecule has 1 aliphatic rings. The molecule has 0 spiro atoms. The van der Waals surface area contributed by atoms with Gasteiger partial charge in [0.1, 0.15) is 18.3 Å². The highest BCUT2D eigenvalue weighted by Gasteiger charge is 2.47. The fraction of sp³-hybridized carbons (Fsp3) is 0.526. The fourth-order valence-corrected chi connectivity index (χ4v) is 2.63. The summed E-state index contributed by atoms with van der Waals surface area (Å²) >= 11 is 0. The van der Waals surface area contributed by atoms with E-state index >= 15 is 0 Å². The Kier molecular flexibility index (Phi) is 7.02. The largest absolute Gasteiger partial charge is 0.504 e. The highest BCUT2D eigenvalue weighted by molar-refractivity contribution is 5.87. The van der Waals surface area contributed by atoms with Crippen LogP contribution in [0, 0.1) is 0 Å². The number of aliphatic hydroxyl groups excluding tert-OH is 3. The van der Waals surface area contributed by atoms with Crippen molar-refractivity contribution >= 4 is 12.0 Å². The summed E-state index contributed by atoms with van der Waals surface area (Å²) in [4.78, 5) is 12.1. The molecule has 5 N–H and O–H groups in total. The molecule has 5 unspecified atom stereocenters. The summed E-state index contributed by atoms with van der Waals surface area (Å²) in [5.74, 6) is -1.50. The number of hydrogen-bond donors (Lipinski definition) is 5. The molecule has 156 valence electrons. The van der Waals surface area contributed by atoms with Gasteiger partial charge in [-0.15, -0.1) is 0 Å². The minimum absolute atomic E-state index is 0.297. The summed E-state index contributed by atoms with van der Waals surface area (Å²) < 4.78 is 16.1. The van der Waals surface area contributed by atoms with Crippen molar-refractivity contribution < 1.29 is 44.5 Å². The maximum atomic E-state index is 12.1. The van der Waals surface area contributed by atoms with Crippen LogP contribution in [0.1, 0.15) is 26.3 Å². The lowest BCUT2D eigenvalue weighted by Gasteiger charge is -2.43. The lowest BCUT2D eigenvalue weighted by Crippen LogP contribution is -2.61. The van der Waals surface area contributed by atoms with E-state index in [4.69, 9.17) is 14.2 Å². The Hall–Kier alpha value is -2.17. The van der Waals surface area contributed by atoms with Gasteiger partial charge in [-0.3, -0.25) is 0 Å². The van der Waals surface area contributed by atoms with Crippen LogP contribution in [0.25, 0.3) is 6.08 Å². The van der Waals surface area contributed by atoms with Crippen LogP contribution in [0.2, 0.25) is 0 Å². The predicted molar refractivity (Wildman–Crippen MR) is 97.3 cm³/mol. The summed E-state index contributed by atoms with van der Waals surface area (Å²) in [7, 11) is 0. The monoisotopic (exact) mass is 398 g/mol. The van der Waals surface area contributed by atoms with E-state index in [9.17, 15) is 30.3 Å². The van der Waals surface area contributed by atoms with Crippen molar-refractivity contribution in [3.8, 4) is 11.5 Å². The molecule has 0 aliphatic carbocycles. The minimum atomic E-state index is -1.53. The second kappa shape index (κ2) is 8.89. The van der Waals surface area contributed by atoms with Gasteiger partial charge in [0.2, 0.25) is 0 Å². The van der Waals surface area contributed by atoms with E-state index in [-0.39, 0.29) is 11.5 Å². The molecule has 1 heterocycles. The zero-order valence-electron chi connectivity index (χ0n) is 15.8. The summed E-state index contributed by atoms with van der Waals surface area (Å²) in [6.45, 7) is 4.64. The van der Waals surface area contributed by atoms with E-state index in [1.165, 1.54) is 24.3 Å².